The van der Waals surface area contributed by atoms with E-state index in [9.17, 15) is 14.9 Å². The quantitative estimate of drug-likeness (QED) is 0.454. The number of carbonyl (C=O) groups is 1. The summed E-state index contributed by atoms with van der Waals surface area (Å²) in [5, 5.41) is 11.4. The SMILES string of the molecule is CCCN(CC1CC1)C(=O)c1ccc(Oc2ccc(Cl)cc2[N+](=O)[O-])cc1. The van der Waals surface area contributed by atoms with Crippen LogP contribution < -0.4 is 4.74 Å². The van der Waals surface area contributed by atoms with E-state index < -0.39 is 4.92 Å². The lowest BCUT2D eigenvalue weighted by molar-refractivity contribution is -0.385. The summed E-state index contributed by atoms with van der Waals surface area (Å²) in [4.78, 5) is 25.2. The van der Waals surface area contributed by atoms with Gasteiger partial charge in [0.2, 0.25) is 5.75 Å². The van der Waals surface area contributed by atoms with Crippen molar-refractivity contribution in [2.45, 2.75) is 26.2 Å². The second-order valence-electron chi connectivity index (χ2n) is 6.69. The third kappa shape index (κ3) is 4.98. The molecule has 3 rings (SSSR count). The molecule has 1 aliphatic rings. The molecule has 0 aromatic heterocycles. The van der Waals surface area contributed by atoms with Crippen LogP contribution in [0.1, 0.15) is 36.5 Å². The zero-order chi connectivity index (χ0) is 19.4. The van der Waals surface area contributed by atoms with E-state index in [1.807, 2.05) is 4.90 Å². The number of nitro groups is 1. The second-order valence-corrected chi connectivity index (χ2v) is 7.13. The molecule has 0 N–H and O–H groups in total. The molecule has 142 valence electrons. The third-order valence-electron chi connectivity index (χ3n) is 4.40. The van der Waals surface area contributed by atoms with Crippen molar-refractivity contribution in [1.82, 2.24) is 4.90 Å². The molecule has 0 radical (unpaired) electrons. The lowest BCUT2D eigenvalue weighted by Crippen LogP contribution is -2.33. The molecule has 0 heterocycles. The van der Waals surface area contributed by atoms with Crippen molar-refractivity contribution < 1.29 is 14.5 Å². The topological polar surface area (TPSA) is 72.7 Å². The molecular formula is C20H21ClN2O4. The van der Waals surface area contributed by atoms with Crippen molar-refractivity contribution in [2.24, 2.45) is 5.92 Å². The van der Waals surface area contributed by atoms with Gasteiger partial charge in [-0.15, -0.1) is 0 Å². The number of halogens is 1. The van der Waals surface area contributed by atoms with E-state index >= 15 is 0 Å². The van der Waals surface area contributed by atoms with Crippen LogP contribution in [0.5, 0.6) is 11.5 Å². The van der Waals surface area contributed by atoms with Crippen LogP contribution in [0.15, 0.2) is 42.5 Å². The number of hydrogen-bond acceptors (Lipinski definition) is 4. The maximum Gasteiger partial charge on any atom is 0.313 e. The van der Waals surface area contributed by atoms with Gasteiger partial charge in [0, 0.05) is 29.7 Å². The first-order chi connectivity index (χ1) is 13.0. The van der Waals surface area contributed by atoms with E-state index in [2.05, 4.69) is 6.92 Å². The van der Waals surface area contributed by atoms with Gasteiger partial charge >= 0.3 is 5.69 Å². The fourth-order valence-electron chi connectivity index (χ4n) is 2.85. The number of ether oxygens (including phenoxy) is 1. The average Bonchev–Trinajstić information content (AvgIpc) is 3.47. The van der Waals surface area contributed by atoms with Gasteiger partial charge in [0.05, 0.1) is 4.92 Å². The Labute approximate surface area is 162 Å². The Morgan fingerprint density at radius 3 is 2.56 bits per heavy atom. The van der Waals surface area contributed by atoms with Crippen molar-refractivity contribution in [3.63, 3.8) is 0 Å². The van der Waals surface area contributed by atoms with Crippen molar-refractivity contribution in [3.8, 4) is 11.5 Å². The number of benzene rings is 2. The molecule has 6 nitrogen and oxygen atoms in total. The van der Waals surface area contributed by atoms with E-state index in [0.29, 0.717) is 17.2 Å². The molecule has 0 bridgehead atoms. The standard InChI is InChI=1S/C20H21ClN2O4/c1-2-11-22(13-14-3-4-14)20(24)15-5-8-17(9-6-15)27-19-10-7-16(21)12-18(19)23(25)26/h5-10,12,14H,2-4,11,13H2,1H3. The summed E-state index contributed by atoms with van der Waals surface area (Å²) in [6, 6.07) is 10.9. The number of nitro benzene ring substituents is 1. The summed E-state index contributed by atoms with van der Waals surface area (Å²) in [6.07, 6.45) is 3.31. The van der Waals surface area contributed by atoms with Crippen LogP contribution in [0.3, 0.4) is 0 Å². The first-order valence-corrected chi connectivity index (χ1v) is 9.37. The largest absolute Gasteiger partial charge is 0.450 e. The fraction of sp³-hybridized carbons (Fsp3) is 0.350. The van der Waals surface area contributed by atoms with E-state index in [1.54, 1.807) is 24.3 Å². The molecule has 1 amide bonds. The van der Waals surface area contributed by atoms with Crippen molar-refractivity contribution in [3.05, 3.63) is 63.2 Å². The molecular weight excluding hydrogens is 368 g/mol. The maximum atomic E-state index is 12.7. The highest BCUT2D eigenvalue weighted by atomic mass is 35.5. The average molecular weight is 389 g/mol. The van der Waals surface area contributed by atoms with Crippen LogP contribution in [0.4, 0.5) is 5.69 Å². The van der Waals surface area contributed by atoms with E-state index in [0.717, 1.165) is 19.5 Å². The zero-order valence-corrected chi connectivity index (χ0v) is 15.8. The summed E-state index contributed by atoms with van der Waals surface area (Å²) >= 11 is 5.81. The smallest absolute Gasteiger partial charge is 0.313 e. The predicted molar refractivity (Wildman–Crippen MR) is 104 cm³/mol. The van der Waals surface area contributed by atoms with Gasteiger partial charge in [-0.25, -0.2) is 0 Å². The third-order valence-corrected chi connectivity index (χ3v) is 4.64. The fourth-order valence-corrected chi connectivity index (χ4v) is 3.02. The molecule has 7 heteroatoms. The molecule has 0 aliphatic heterocycles. The Bertz CT molecular complexity index is 834. The second kappa shape index (κ2) is 8.39. The number of hydrogen-bond donors (Lipinski definition) is 0. The van der Waals surface area contributed by atoms with E-state index in [1.165, 1.54) is 31.0 Å². The first kappa shape index (κ1) is 19.2. The molecule has 1 aliphatic carbocycles. The summed E-state index contributed by atoms with van der Waals surface area (Å²) in [6.45, 7) is 3.61. The Kier molecular flexibility index (Phi) is 5.96. The van der Waals surface area contributed by atoms with Gasteiger partial charge < -0.3 is 9.64 Å². The van der Waals surface area contributed by atoms with Crippen LogP contribution in [-0.2, 0) is 0 Å². The zero-order valence-electron chi connectivity index (χ0n) is 15.1. The Morgan fingerprint density at radius 2 is 1.96 bits per heavy atom. The molecule has 0 spiro atoms. The number of carbonyl (C=O) groups excluding carboxylic acids is 1. The van der Waals surface area contributed by atoms with Gasteiger partial charge in [-0.2, -0.15) is 0 Å². The summed E-state index contributed by atoms with van der Waals surface area (Å²) < 4.78 is 5.62. The molecule has 2 aromatic carbocycles. The van der Waals surface area contributed by atoms with Crippen LogP contribution in [0.25, 0.3) is 0 Å². The Morgan fingerprint density at radius 1 is 1.26 bits per heavy atom. The lowest BCUT2D eigenvalue weighted by Gasteiger charge is -2.22. The van der Waals surface area contributed by atoms with Gasteiger partial charge in [-0.3, -0.25) is 14.9 Å². The van der Waals surface area contributed by atoms with Gasteiger partial charge in [0.1, 0.15) is 5.75 Å². The number of nitrogens with zero attached hydrogens (tertiary/aromatic N) is 2. The maximum absolute atomic E-state index is 12.7. The van der Waals surface area contributed by atoms with Crippen molar-refractivity contribution in [1.29, 1.82) is 0 Å². The first-order valence-electron chi connectivity index (χ1n) is 8.99. The molecule has 0 atom stereocenters. The van der Waals surface area contributed by atoms with Crippen molar-refractivity contribution in [2.75, 3.05) is 13.1 Å². The lowest BCUT2D eigenvalue weighted by atomic mass is 10.1. The Balaban J connectivity index is 1.73. The van der Waals surface area contributed by atoms with Gasteiger partial charge in [0.15, 0.2) is 0 Å². The number of amides is 1. The molecule has 0 unspecified atom stereocenters. The minimum absolute atomic E-state index is 0.00720. The number of rotatable bonds is 8. The van der Waals surface area contributed by atoms with Crippen LogP contribution >= 0.6 is 11.6 Å². The summed E-state index contributed by atoms with van der Waals surface area (Å²) in [7, 11) is 0. The summed E-state index contributed by atoms with van der Waals surface area (Å²) in [5.74, 6) is 1.16. The highest BCUT2D eigenvalue weighted by Gasteiger charge is 2.27. The molecule has 27 heavy (non-hydrogen) atoms. The van der Waals surface area contributed by atoms with Crippen LogP contribution in [0, 0.1) is 16.0 Å². The predicted octanol–water partition coefficient (Wildman–Crippen LogP) is 5.30. The van der Waals surface area contributed by atoms with Crippen LogP contribution in [0.2, 0.25) is 5.02 Å². The molecule has 2 aromatic rings. The van der Waals surface area contributed by atoms with Crippen LogP contribution in [-0.4, -0.2) is 28.8 Å². The van der Waals surface area contributed by atoms with Crippen molar-refractivity contribution >= 4 is 23.2 Å². The minimum atomic E-state index is -0.542. The molecule has 1 saturated carbocycles. The summed E-state index contributed by atoms with van der Waals surface area (Å²) in [5.41, 5.74) is 0.378. The highest BCUT2D eigenvalue weighted by molar-refractivity contribution is 6.30. The van der Waals surface area contributed by atoms with Gasteiger partial charge in [-0.1, -0.05) is 18.5 Å². The highest BCUT2D eigenvalue weighted by Crippen LogP contribution is 2.34. The Hall–Kier alpha value is -2.60. The van der Waals surface area contributed by atoms with Gasteiger partial charge in [-0.05, 0) is 61.6 Å². The normalized spacial score (nSPS) is 13.3. The van der Waals surface area contributed by atoms with Gasteiger partial charge in [0.25, 0.3) is 5.91 Å². The molecule has 0 saturated heterocycles. The monoisotopic (exact) mass is 388 g/mol. The molecule has 1 fully saturated rings. The van der Waals surface area contributed by atoms with E-state index in [4.69, 9.17) is 16.3 Å². The minimum Gasteiger partial charge on any atom is -0.450 e. The van der Waals surface area contributed by atoms with E-state index in [-0.39, 0.29) is 22.4 Å².